The number of fused-ring (bicyclic) bond motifs is 1. The number of aryl methyl sites for hydroxylation is 1. The van der Waals surface area contributed by atoms with Gasteiger partial charge in [-0.25, -0.2) is 9.78 Å². The van der Waals surface area contributed by atoms with Gasteiger partial charge in [0.25, 0.3) is 5.91 Å². The maximum absolute atomic E-state index is 12.4. The SMILES string of the molecule is Cc1cc(C(=O)N2Cc3[nH]cnc3CC2C(=O)O)co1. The van der Waals surface area contributed by atoms with E-state index in [2.05, 4.69) is 9.97 Å². The zero-order valence-electron chi connectivity index (χ0n) is 10.8. The fourth-order valence-electron chi connectivity index (χ4n) is 2.39. The van der Waals surface area contributed by atoms with Crippen LogP contribution in [0, 0.1) is 6.92 Å². The monoisotopic (exact) mass is 275 g/mol. The van der Waals surface area contributed by atoms with E-state index in [1.807, 2.05) is 0 Å². The fraction of sp³-hybridized carbons (Fsp3) is 0.308. The van der Waals surface area contributed by atoms with Crippen LogP contribution >= 0.6 is 0 Å². The number of carbonyl (C=O) groups is 2. The van der Waals surface area contributed by atoms with Crippen LogP contribution in [0.15, 0.2) is 23.1 Å². The van der Waals surface area contributed by atoms with Crippen LogP contribution in [0.5, 0.6) is 0 Å². The van der Waals surface area contributed by atoms with Crippen molar-refractivity contribution in [1.82, 2.24) is 14.9 Å². The topological polar surface area (TPSA) is 99.4 Å². The molecule has 1 aliphatic heterocycles. The minimum Gasteiger partial charge on any atom is -0.480 e. The van der Waals surface area contributed by atoms with E-state index in [0.29, 0.717) is 17.0 Å². The average Bonchev–Trinajstić information content (AvgIpc) is 3.04. The summed E-state index contributed by atoms with van der Waals surface area (Å²) in [7, 11) is 0. The molecule has 1 atom stereocenters. The molecular formula is C13H13N3O4. The third-order valence-electron chi connectivity index (χ3n) is 3.42. The van der Waals surface area contributed by atoms with Crippen molar-refractivity contribution in [3.63, 3.8) is 0 Å². The predicted octanol–water partition coefficient (Wildman–Crippen LogP) is 0.963. The number of furan rings is 1. The first-order valence-electron chi connectivity index (χ1n) is 6.16. The number of aromatic nitrogens is 2. The summed E-state index contributed by atoms with van der Waals surface area (Å²) in [5.41, 5.74) is 1.83. The molecule has 0 radical (unpaired) electrons. The van der Waals surface area contributed by atoms with Gasteiger partial charge in [0.05, 0.1) is 29.8 Å². The van der Waals surface area contributed by atoms with Gasteiger partial charge >= 0.3 is 5.97 Å². The maximum atomic E-state index is 12.4. The molecule has 1 aliphatic rings. The summed E-state index contributed by atoms with van der Waals surface area (Å²) in [6.45, 7) is 1.93. The molecule has 2 aromatic rings. The molecule has 1 amide bonds. The van der Waals surface area contributed by atoms with Crippen LogP contribution in [0.3, 0.4) is 0 Å². The molecule has 0 saturated heterocycles. The summed E-state index contributed by atoms with van der Waals surface area (Å²) in [5.74, 6) is -0.777. The number of rotatable bonds is 2. The molecule has 0 spiro atoms. The van der Waals surface area contributed by atoms with E-state index >= 15 is 0 Å². The van der Waals surface area contributed by atoms with Crippen LogP contribution < -0.4 is 0 Å². The van der Waals surface area contributed by atoms with Gasteiger partial charge in [-0.15, -0.1) is 0 Å². The summed E-state index contributed by atoms with van der Waals surface area (Å²) in [6, 6.07) is 0.692. The number of carboxylic acid groups (broad SMARTS) is 1. The number of carbonyl (C=O) groups excluding carboxylic acids is 1. The van der Waals surface area contributed by atoms with E-state index in [4.69, 9.17) is 4.42 Å². The van der Waals surface area contributed by atoms with Crippen molar-refractivity contribution in [3.05, 3.63) is 41.4 Å². The Bertz CT molecular complexity index is 673. The third-order valence-corrected chi connectivity index (χ3v) is 3.42. The Balaban J connectivity index is 1.94. The lowest BCUT2D eigenvalue weighted by atomic mass is 10.0. The van der Waals surface area contributed by atoms with Crippen molar-refractivity contribution in [1.29, 1.82) is 0 Å². The highest BCUT2D eigenvalue weighted by molar-refractivity contribution is 5.96. The number of amides is 1. The predicted molar refractivity (Wildman–Crippen MR) is 67.0 cm³/mol. The van der Waals surface area contributed by atoms with Crippen molar-refractivity contribution in [3.8, 4) is 0 Å². The van der Waals surface area contributed by atoms with E-state index in [1.54, 1.807) is 13.0 Å². The lowest BCUT2D eigenvalue weighted by Crippen LogP contribution is -2.48. The number of imidazole rings is 1. The Morgan fingerprint density at radius 2 is 2.35 bits per heavy atom. The Morgan fingerprint density at radius 3 is 3.00 bits per heavy atom. The minimum atomic E-state index is -1.03. The number of aliphatic carboxylic acids is 1. The van der Waals surface area contributed by atoms with Crippen LogP contribution in [0.4, 0.5) is 0 Å². The molecule has 7 heteroatoms. The Kier molecular flexibility index (Phi) is 2.81. The second-order valence-corrected chi connectivity index (χ2v) is 4.77. The standard InChI is InChI=1S/C13H13N3O4/c1-7-2-8(5-20-7)12(17)16-4-10-9(14-6-15-10)3-11(16)13(18)19/h2,5-6,11H,3-4H2,1H3,(H,14,15)(H,18,19). The molecule has 3 heterocycles. The van der Waals surface area contributed by atoms with Crippen molar-refractivity contribution >= 4 is 11.9 Å². The molecule has 2 N–H and O–H groups in total. The molecule has 0 aromatic carbocycles. The zero-order valence-corrected chi connectivity index (χ0v) is 10.8. The van der Waals surface area contributed by atoms with Gasteiger partial charge in [-0.05, 0) is 13.0 Å². The van der Waals surface area contributed by atoms with Crippen LogP contribution in [0.2, 0.25) is 0 Å². The molecule has 2 aromatic heterocycles. The zero-order chi connectivity index (χ0) is 14.3. The van der Waals surface area contributed by atoms with Gasteiger partial charge < -0.3 is 19.4 Å². The van der Waals surface area contributed by atoms with E-state index in [-0.39, 0.29) is 18.9 Å². The first-order chi connectivity index (χ1) is 9.56. The molecule has 0 fully saturated rings. The van der Waals surface area contributed by atoms with Crippen LogP contribution in [-0.2, 0) is 17.8 Å². The van der Waals surface area contributed by atoms with Crippen LogP contribution in [0.1, 0.15) is 27.5 Å². The van der Waals surface area contributed by atoms with Crippen molar-refractivity contribution in [2.45, 2.75) is 25.9 Å². The number of nitrogens with zero attached hydrogens (tertiary/aromatic N) is 2. The van der Waals surface area contributed by atoms with Gasteiger partial charge in [0.15, 0.2) is 0 Å². The van der Waals surface area contributed by atoms with Crippen LogP contribution in [-0.4, -0.2) is 37.9 Å². The number of aromatic amines is 1. The van der Waals surface area contributed by atoms with Gasteiger partial charge in [-0.1, -0.05) is 0 Å². The molecular weight excluding hydrogens is 262 g/mol. The number of hydrogen-bond acceptors (Lipinski definition) is 4. The lowest BCUT2D eigenvalue weighted by molar-refractivity contribution is -0.142. The largest absolute Gasteiger partial charge is 0.480 e. The summed E-state index contributed by atoms with van der Waals surface area (Å²) < 4.78 is 5.11. The van der Waals surface area contributed by atoms with Crippen LogP contribution in [0.25, 0.3) is 0 Å². The van der Waals surface area contributed by atoms with Gasteiger partial charge in [-0.3, -0.25) is 4.79 Å². The third kappa shape index (κ3) is 1.97. The molecule has 0 saturated carbocycles. The maximum Gasteiger partial charge on any atom is 0.326 e. The second kappa shape index (κ2) is 4.52. The highest BCUT2D eigenvalue weighted by atomic mass is 16.4. The van der Waals surface area contributed by atoms with Crippen molar-refractivity contribution < 1.29 is 19.1 Å². The molecule has 0 bridgehead atoms. The molecule has 20 heavy (non-hydrogen) atoms. The highest BCUT2D eigenvalue weighted by Crippen LogP contribution is 2.23. The number of nitrogens with one attached hydrogen (secondary N) is 1. The minimum absolute atomic E-state index is 0.204. The quantitative estimate of drug-likeness (QED) is 0.850. The summed E-state index contributed by atoms with van der Waals surface area (Å²) in [4.78, 5) is 32.2. The van der Waals surface area contributed by atoms with E-state index < -0.39 is 12.0 Å². The van der Waals surface area contributed by atoms with E-state index in [0.717, 1.165) is 5.69 Å². The van der Waals surface area contributed by atoms with Gasteiger partial charge in [0.1, 0.15) is 18.1 Å². The average molecular weight is 275 g/mol. The van der Waals surface area contributed by atoms with Crippen molar-refractivity contribution in [2.24, 2.45) is 0 Å². The fourth-order valence-corrected chi connectivity index (χ4v) is 2.39. The molecule has 0 aliphatic carbocycles. The Hall–Kier alpha value is -2.57. The molecule has 3 rings (SSSR count). The Morgan fingerprint density at radius 1 is 1.55 bits per heavy atom. The smallest absolute Gasteiger partial charge is 0.326 e. The van der Waals surface area contributed by atoms with Crippen molar-refractivity contribution in [2.75, 3.05) is 0 Å². The Labute approximate surface area is 114 Å². The summed E-state index contributed by atoms with van der Waals surface area (Å²) in [5, 5.41) is 9.32. The normalized spacial score (nSPS) is 17.9. The van der Waals surface area contributed by atoms with E-state index in [9.17, 15) is 14.7 Å². The lowest BCUT2D eigenvalue weighted by Gasteiger charge is -2.31. The second-order valence-electron chi connectivity index (χ2n) is 4.77. The highest BCUT2D eigenvalue weighted by Gasteiger charge is 2.36. The molecule has 104 valence electrons. The number of carboxylic acids is 1. The number of hydrogen-bond donors (Lipinski definition) is 2. The van der Waals surface area contributed by atoms with Gasteiger partial charge in [-0.2, -0.15) is 0 Å². The van der Waals surface area contributed by atoms with Gasteiger partial charge in [0.2, 0.25) is 0 Å². The van der Waals surface area contributed by atoms with Gasteiger partial charge in [0, 0.05) is 6.42 Å². The molecule has 7 nitrogen and oxygen atoms in total. The first-order valence-corrected chi connectivity index (χ1v) is 6.16. The number of H-pyrrole nitrogens is 1. The molecule has 1 unspecified atom stereocenters. The summed E-state index contributed by atoms with van der Waals surface area (Å²) >= 11 is 0. The summed E-state index contributed by atoms with van der Waals surface area (Å²) in [6.07, 6.45) is 3.06. The first kappa shape index (κ1) is 12.5. The van der Waals surface area contributed by atoms with E-state index in [1.165, 1.54) is 17.5 Å².